The highest BCUT2D eigenvalue weighted by molar-refractivity contribution is 6.31. The summed E-state index contributed by atoms with van der Waals surface area (Å²) in [6.45, 7) is 1.55. The minimum absolute atomic E-state index is 0.481. The molecule has 3 aromatic carbocycles. The molecule has 0 saturated carbocycles. The number of aliphatic hydroxyl groups is 4. The number of rotatable bonds is 7. The van der Waals surface area contributed by atoms with E-state index in [1.54, 1.807) is 12.1 Å². The maximum absolute atomic E-state index is 10.5. The summed E-state index contributed by atoms with van der Waals surface area (Å²) in [7, 11) is 1.52. The minimum atomic E-state index is -1.44. The van der Waals surface area contributed by atoms with E-state index < -0.39 is 37.1 Å². The summed E-state index contributed by atoms with van der Waals surface area (Å²) in [4.78, 5) is 5.08. The van der Waals surface area contributed by atoms with E-state index in [2.05, 4.69) is 5.16 Å². The molecule has 0 unspecified atom stereocenters. The summed E-state index contributed by atoms with van der Waals surface area (Å²) in [5.41, 5.74) is 6.16. The highest BCUT2D eigenvalue weighted by Crippen LogP contribution is 2.34. The summed E-state index contributed by atoms with van der Waals surface area (Å²) in [6.07, 6.45) is -5.57. The molecule has 0 aliphatic carbocycles. The van der Waals surface area contributed by atoms with Crippen molar-refractivity contribution in [3.8, 4) is 0 Å². The van der Waals surface area contributed by atoms with Crippen LogP contribution in [0.1, 0.15) is 39.5 Å². The predicted octanol–water partition coefficient (Wildman–Crippen LogP) is 3.15. The maximum Gasteiger partial charge on any atom is 0.117 e. The number of hydrogen-bond acceptors (Lipinski definition) is 7. The van der Waals surface area contributed by atoms with E-state index in [4.69, 9.17) is 21.2 Å². The molecule has 1 aliphatic heterocycles. The Morgan fingerprint density at radius 3 is 2.17 bits per heavy atom. The Balaban J connectivity index is 1.56. The number of ether oxygens (including phenoxy) is 1. The second-order valence-electron chi connectivity index (χ2n) is 8.96. The van der Waals surface area contributed by atoms with Gasteiger partial charge in [-0.1, -0.05) is 83.0 Å². The fourth-order valence-corrected chi connectivity index (χ4v) is 4.54. The molecule has 1 heterocycles. The number of halogens is 1. The van der Waals surface area contributed by atoms with Crippen LogP contribution in [0.4, 0.5) is 0 Å². The van der Waals surface area contributed by atoms with Gasteiger partial charge in [0, 0.05) is 16.1 Å². The van der Waals surface area contributed by atoms with Gasteiger partial charge in [-0.3, -0.25) is 0 Å². The summed E-state index contributed by atoms with van der Waals surface area (Å²) in [5, 5.41) is 45.0. The van der Waals surface area contributed by atoms with Crippen LogP contribution in [-0.4, -0.2) is 64.3 Å². The van der Waals surface area contributed by atoms with Gasteiger partial charge in [0.15, 0.2) is 0 Å². The lowest BCUT2D eigenvalue weighted by molar-refractivity contribution is -0.231. The number of aliphatic hydroxyl groups excluding tert-OH is 4. The van der Waals surface area contributed by atoms with E-state index >= 15 is 0 Å². The zero-order valence-corrected chi connectivity index (χ0v) is 20.8. The minimum Gasteiger partial charge on any atom is -0.399 e. The van der Waals surface area contributed by atoms with Gasteiger partial charge in [0.25, 0.3) is 0 Å². The van der Waals surface area contributed by atoms with Crippen LogP contribution in [0.15, 0.2) is 71.9 Å². The molecule has 8 heteroatoms. The van der Waals surface area contributed by atoms with Crippen LogP contribution in [-0.2, 0) is 16.0 Å². The van der Waals surface area contributed by atoms with Crippen molar-refractivity contribution in [1.29, 1.82) is 0 Å². The third kappa shape index (κ3) is 5.62. The number of oxime groups is 1. The van der Waals surface area contributed by atoms with Gasteiger partial charge in [0.05, 0.1) is 6.61 Å². The van der Waals surface area contributed by atoms with Crippen molar-refractivity contribution < 1.29 is 30.0 Å². The lowest BCUT2D eigenvalue weighted by atomic mass is 9.90. The molecule has 7 nitrogen and oxygen atoms in total. The van der Waals surface area contributed by atoms with Crippen molar-refractivity contribution in [2.75, 3.05) is 13.7 Å². The molecular formula is C28H30ClNO6. The van der Waals surface area contributed by atoms with Gasteiger partial charge >= 0.3 is 0 Å². The van der Waals surface area contributed by atoms with Crippen molar-refractivity contribution in [3.05, 3.63) is 105 Å². The summed E-state index contributed by atoms with van der Waals surface area (Å²) >= 11 is 6.48. The van der Waals surface area contributed by atoms with Gasteiger partial charge in [0.1, 0.15) is 43.3 Å². The second kappa shape index (κ2) is 11.5. The lowest BCUT2D eigenvalue weighted by Crippen LogP contribution is -2.55. The van der Waals surface area contributed by atoms with E-state index in [0.29, 0.717) is 17.0 Å². The Kier molecular flexibility index (Phi) is 8.41. The monoisotopic (exact) mass is 511 g/mol. The first-order valence-corrected chi connectivity index (χ1v) is 12.1. The third-order valence-electron chi connectivity index (χ3n) is 6.42. The topological polar surface area (TPSA) is 112 Å². The van der Waals surface area contributed by atoms with Crippen LogP contribution in [0.2, 0.25) is 5.02 Å². The molecule has 1 saturated heterocycles. The molecule has 0 radical (unpaired) electrons. The molecule has 5 atom stereocenters. The van der Waals surface area contributed by atoms with E-state index in [0.717, 1.165) is 33.5 Å². The van der Waals surface area contributed by atoms with E-state index in [1.807, 2.05) is 61.5 Å². The largest absolute Gasteiger partial charge is 0.399 e. The first-order valence-electron chi connectivity index (χ1n) is 11.7. The van der Waals surface area contributed by atoms with Crippen molar-refractivity contribution in [3.63, 3.8) is 0 Å². The SMILES string of the molecule is CON=C(c1ccc(C)cc1)c1ccc(Cc2cc([C@@H]3O[C@H](CO)[C@@H](O)[C@H](O)[C@H]3O)ccc2Cl)cc1. The first-order chi connectivity index (χ1) is 17.3. The van der Waals surface area contributed by atoms with Crippen molar-refractivity contribution in [2.45, 2.75) is 43.9 Å². The molecule has 36 heavy (non-hydrogen) atoms. The van der Waals surface area contributed by atoms with Crippen molar-refractivity contribution in [1.82, 2.24) is 0 Å². The molecule has 4 rings (SSSR count). The van der Waals surface area contributed by atoms with Crippen LogP contribution in [0.5, 0.6) is 0 Å². The molecule has 1 fully saturated rings. The molecule has 0 amide bonds. The van der Waals surface area contributed by atoms with Crippen LogP contribution in [0.25, 0.3) is 0 Å². The van der Waals surface area contributed by atoms with Crippen LogP contribution in [0.3, 0.4) is 0 Å². The smallest absolute Gasteiger partial charge is 0.117 e. The molecule has 0 bridgehead atoms. The zero-order valence-electron chi connectivity index (χ0n) is 20.1. The molecule has 0 spiro atoms. The number of hydrogen-bond donors (Lipinski definition) is 4. The average molecular weight is 512 g/mol. The Morgan fingerprint density at radius 2 is 1.56 bits per heavy atom. The third-order valence-corrected chi connectivity index (χ3v) is 6.79. The van der Waals surface area contributed by atoms with Crippen molar-refractivity contribution >= 4 is 17.3 Å². The van der Waals surface area contributed by atoms with E-state index in [9.17, 15) is 20.4 Å². The van der Waals surface area contributed by atoms with E-state index in [1.165, 1.54) is 7.11 Å². The summed E-state index contributed by atoms with van der Waals surface area (Å²) in [5.74, 6) is 0. The molecule has 190 valence electrons. The Morgan fingerprint density at radius 1 is 0.917 bits per heavy atom. The first kappa shape index (κ1) is 26.3. The van der Waals surface area contributed by atoms with Gasteiger partial charge in [-0.05, 0) is 36.1 Å². The fourth-order valence-electron chi connectivity index (χ4n) is 4.36. The maximum atomic E-state index is 10.5. The normalized spacial score (nSPS) is 24.5. The molecule has 4 N–H and O–H groups in total. The highest BCUT2D eigenvalue weighted by Gasteiger charge is 2.44. The van der Waals surface area contributed by atoms with Crippen molar-refractivity contribution in [2.24, 2.45) is 5.16 Å². The summed E-state index contributed by atoms with van der Waals surface area (Å²) < 4.78 is 5.70. The number of nitrogens with zero attached hydrogens (tertiary/aromatic N) is 1. The molecule has 3 aromatic rings. The standard InChI is InChI=1S/C28H30ClNO6/c1-16-3-7-18(8-4-16)24(30-35-2)19-9-5-17(6-10-19)13-21-14-20(11-12-22(21)29)28-27(34)26(33)25(32)23(15-31)36-28/h3-12,14,23,25-28,31-34H,13,15H2,1-2H3/t23-,25-,26+,27-,28+/m1/s1. The second-order valence-corrected chi connectivity index (χ2v) is 9.37. The fraction of sp³-hybridized carbons (Fsp3) is 0.321. The van der Waals surface area contributed by atoms with Gasteiger partial charge in [-0.15, -0.1) is 0 Å². The Bertz CT molecular complexity index is 1200. The quantitative estimate of drug-likeness (QED) is 0.286. The lowest BCUT2D eigenvalue weighted by Gasteiger charge is -2.40. The Labute approximate surface area is 215 Å². The number of aryl methyl sites for hydroxylation is 1. The predicted molar refractivity (Wildman–Crippen MR) is 137 cm³/mol. The van der Waals surface area contributed by atoms with Gasteiger partial charge in [-0.2, -0.15) is 0 Å². The van der Waals surface area contributed by atoms with Gasteiger partial charge in [-0.25, -0.2) is 0 Å². The number of benzene rings is 3. The Hall–Kier alpha value is -2.78. The highest BCUT2D eigenvalue weighted by atomic mass is 35.5. The van der Waals surface area contributed by atoms with E-state index in [-0.39, 0.29) is 0 Å². The van der Waals surface area contributed by atoms with Gasteiger partial charge < -0.3 is 30.0 Å². The molecular weight excluding hydrogens is 482 g/mol. The molecule has 0 aromatic heterocycles. The summed E-state index contributed by atoms with van der Waals surface area (Å²) in [6, 6.07) is 21.2. The average Bonchev–Trinajstić information content (AvgIpc) is 2.89. The van der Waals surface area contributed by atoms with Crippen LogP contribution in [0, 0.1) is 6.92 Å². The molecule has 1 aliphatic rings. The van der Waals surface area contributed by atoms with Gasteiger partial charge in [0.2, 0.25) is 0 Å². The van der Waals surface area contributed by atoms with Crippen LogP contribution >= 0.6 is 11.6 Å². The zero-order chi connectivity index (χ0) is 25.8. The van der Waals surface area contributed by atoms with Crippen LogP contribution < -0.4 is 0 Å².